The van der Waals surface area contributed by atoms with Crippen molar-refractivity contribution in [1.82, 2.24) is 5.32 Å². The molecule has 0 aliphatic carbocycles. The third-order valence-electron chi connectivity index (χ3n) is 2.90. The maximum absolute atomic E-state index is 3.59. The van der Waals surface area contributed by atoms with Crippen LogP contribution in [0.15, 0.2) is 38.6 Å². The van der Waals surface area contributed by atoms with Gasteiger partial charge in [0.15, 0.2) is 0 Å². The number of rotatable bonds is 4. The van der Waals surface area contributed by atoms with E-state index < -0.39 is 0 Å². The molecule has 0 fully saturated rings. The van der Waals surface area contributed by atoms with Crippen LogP contribution in [0.1, 0.15) is 22.0 Å². The van der Waals surface area contributed by atoms with Gasteiger partial charge in [0.2, 0.25) is 0 Å². The van der Waals surface area contributed by atoms with Crippen LogP contribution in [0.5, 0.6) is 0 Å². The molecule has 0 saturated heterocycles. The monoisotopic (exact) mass is 387 g/mol. The van der Waals surface area contributed by atoms with Gasteiger partial charge in [-0.15, -0.1) is 11.3 Å². The van der Waals surface area contributed by atoms with Gasteiger partial charge in [-0.3, -0.25) is 0 Å². The molecule has 0 aliphatic heterocycles. The highest BCUT2D eigenvalue weighted by Crippen LogP contribution is 2.32. The number of hydrogen-bond acceptors (Lipinski definition) is 2. The van der Waals surface area contributed by atoms with Crippen LogP contribution in [0.25, 0.3) is 0 Å². The Morgan fingerprint density at radius 3 is 2.61 bits per heavy atom. The fourth-order valence-corrected chi connectivity index (χ4v) is 4.03. The largest absolute Gasteiger partial charge is 0.312 e. The van der Waals surface area contributed by atoms with Gasteiger partial charge in [-0.25, -0.2) is 0 Å². The van der Waals surface area contributed by atoms with Crippen LogP contribution in [0, 0.1) is 6.92 Å². The number of aryl methyl sites for hydroxylation is 1. The minimum absolute atomic E-state index is 0.370. The molecule has 0 spiro atoms. The maximum atomic E-state index is 3.59. The molecule has 0 radical (unpaired) electrons. The molecule has 96 valence electrons. The zero-order chi connectivity index (χ0) is 13.1. The third-order valence-corrected chi connectivity index (χ3v) is 5.64. The first-order valence-electron chi connectivity index (χ1n) is 5.77. The van der Waals surface area contributed by atoms with Crippen LogP contribution in [0.3, 0.4) is 0 Å². The Hall–Kier alpha value is -0.160. The Bertz CT molecular complexity index is 517. The lowest BCUT2D eigenvalue weighted by Crippen LogP contribution is -2.17. The number of likely N-dealkylation sites (N-methyl/N-ethyl adjacent to an activating group) is 1. The Labute approximate surface area is 129 Å². The first-order valence-corrected chi connectivity index (χ1v) is 8.18. The van der Waals surface area contributed by atoms with E-state index in [1.54, 1.807) is 0 Å². The zero-order valence-electron chi connectivity index (χ0n) is 10.3. The second-order valence-electron chi connectivity index (χ2n) is 4.28. The number of hydrogen-bond donors (Lipinski definition) is 1. The minimum atomic E-state index is 0.370. The fourth-order valence-electron chi connectivity index (χ4n) is 1.90. The van der Waals surface area contributed by atoms with Crippen LogP contribution < -0.4 is 5.32 Å². The standard InChI is InChI=1S/C14H15Br2NS/c1-9-6-13(18-14(9)16)12(17-2)8-10-4-3-5-11(15)7-10/h3-7,12,17H,8H2,1-2H3. The van der Waals surface area contributed by atoms with Crippen molar-refractivity contribution < 1.29 is 0 Å². The molecule has 18 heavy (non-hydrogen) atoms. The quantitative estimate of drug-likeness (QED) is 0.769. The summed E-state index contributed by atoms with van der Waals surface area (Å²) in [6, 6.07) is 11.1. The first kappa shape index (κ1) is 14.3. The molecular formula is C14H15Br2NS. The smallest absolute Gasteiger partial charge is 0.0731 e. The summed E-state index contributed by atoms with van der Waals surface area (Å²) >= 11 is 8.93. The molecule has 0 amide bonds. The predicted molar refractivity (Wildman–Crippen MR) is 86.4 cm³/mol. The summed E-state index contributed by atoms with van der Waals surface area (Å²) in [5.41, 5.74) is 2.65. The SMILES string of the molecule is CNC(Cc1cccc(Br)c1)c1cc(C)c(Br)s1. The van der Waals surface area contributed by atoms with Crippen molar-refractivity contribution in [3.8, 4) is 0 Å². The van der Waals surface area contributed by atoms with Gasteiger partial charge in [0.25, 0.3) is 0 Å². The summed E-state index contributed by atoms with van der Waals surface area (Å²) in [6.07, 6.45) is 1.00. The molecule has 4 heteroatoms. The highest BCUT2D eigenvalue weighted by molar-refractivity contribution is 9.11. The summed E-state index contributed by atoms with van der Waals surface area (Å²) in [6.45, 7) is 2.13. The molecule has 1 N–H and O–H groups in total. The van der Waals surface area contributed by atoms with E-state index in [4.69, 9.17) is 0 Å². The molecule has 1 heterocycles. The molecule has 1 aromatic carbocycles. The Morgan fingerprint density at radius 2 is 2.06 bits per heavy atom. The van der Waals surface area contributed by atoms with E-state index >= 15 is 0 Å². The van der Waals surface area contributed by atoms with E-state index in [1.165, 1.54) is 19.8 Å². The lowest BCUT2D eigenvalue weighted by atomic mass is 10.0. The number of thiophene rings is 1. The highest BCUT2D eigenvalue weighted by atomic mass is 79.9. The van der Waals surface area contributed by atoms with Crippen molar-refractivity contribution >= 4 is 43.2 Å². The number of benzene rings is 1. The fraction of sp³-hybridized carbons (Fsp3) is 0.286. The van der Waals surface area contributed by atoms with Gasteiger partial charge < -0.3 is 5.32 Å². The van der Waals surface area contributed by atoms with E-state index in [1.807, 2.05) is 18.4 Å². The summed E-state index contributed by atoms with van der Waals surface area (Å²) in [5.74, 6) is 0. The molecular weight excluding hydrogens is 374 g/mol. The highest BCUT2D eigenvalue weighted by Gasteiger charge is 2.14. The normalized spacial score (nSPS) is 12.7. The summed E-state index contributed by atoms with van der Waals surface area (Å²) in [4.78, 5) is 1.38. The lowest BCUT2D eigenvalue weighted by Gasteiger charge is -2.14. The average Bonchev–Trinajstić information content (AvgIpc) is 2.66. The van der Waals surface area contributed by atoms with E-state index in [2.05, 4.69) is 74.4 Å². The molecule has 1 unspecified atom stereocenters. The number of nitrogens with one attached hydrogen (secondary N) is 1. The second kappa shape index (κ2) is 6.33. The zero-order valence-corrected chi connectivity index (χ0v) is 14.3. The van der Waals surface area contributed by atoms with E-state index in [-0.39, 0.29) is 0 Å². The molecule has 0 aliphatic rings. The van der Waals surface area contributed by atoms with E-state index in [0.29, 0.717) is 6.04 Å². The van der Waals surface area contributed by atoms with Crippen LogP contribution >= 0.6 is 43.2 Å². The molecule has 2 aromatic rings. The van der Waals surface area contributed by atoms with Crippen LogP contribution in [-0.2, 0) is 6.42 Å². The molecule has 2 rings (SSSR count). The minimum Gasteiger partial charge on any atom is -0.312 e. The second-order valence-corrected chi connectivity index (χ2v) is 7.60. The molecule has 0 saturated carbocycles. The molecule has 0 bridgehead atoms. The van der Waals surface area contributed by atoms with Crippen molar-refractivity contribution in [2.24, 2.45) is 0 Å². The topological polar surface area (TPSA) is 12.0 Å². The summed E-state index contributed by atoms with van der Waals surface area (Å²) in [5, 5.41) is 3.40. The van der Waals surface area contributed by atoms with E-state index in [0.717, 1.165) is 10.9 Å². The molecule has 1 nitrogen and oxygen atoms in total. The van der Waals surface area contributed by atoms with Gasteiger partial charge in [-0.1, -0.05) is 28.1 Å². The molecule has 1 aromatic heterocycles. The van der Waals surface area contributed by atoms with Crippen LogP contribution in [-0.4, -0.2) is 7.05 Å². The third kappa shape index (κ3) is 3.44. The first-order chi connectivity index (χ1) is 8.60. The Kier molecular flexibility index (Phi) is 5.01. The van der Waals surface area contributed by atoms with Gasteiger partial charge in [-0.2, -0.15) is 0 Å². The Balaban J connectivity index is 2.19. The number of halogens is 2. The molecule has 1 atom stereocenters. The van der Waals surface area contributed by atoms with Crippen LogP contribution in [0.4, 0.5) is 0 Å². The predicted octanol–water partition coefficient (Wildman–Crippen LogP) is 5.08. The van der Waals surface area contributed by atoms with Crippen molar-refractivity contribution in [3.05, 3.63) is 54.6 Å². The van der Waals surface area contributed by atoms with Crippen molar-refractivity contribution in [2.45, 2.75) is 19.4 Å². The van der Waals surface area contributed by atoms with Gasteiger partial charge >= 0.3 is 0 Å². The van der Waals surface area contributed by atoms with Crippen LogP contribution in [0.2, 0.25) is 0 Å². The van der Waals surface area contributed by atoms with E-state index in [9.17, 15) is 0 Å². The van der Waals surface area contributed by atoms with Gasteiger partial charge in [0, 0.05) is 15.4 Å². The van der Waals surface area contributed by atoms with Crippen molar-refractivity contribution in [2.75, 3.05) is 7.05 Å². The maximum Gasteiger partial charge on any atom is 0.0731 e. The van der Waals surface area contributed by atoms with Gasteiger partial charge in [-0.05, 0) is 65.6 Å². The van der Waals surface area contributed by atoms with Gasteiger partial charge in [0.05, 0.1) is 3.79 Å². The van der Waals surface area contributed by atoms with Crippen molar-refractivity contribution in [3.63, 3.8) is 0 Å². The Morgan fingerprint density at radius 1 is 1.28 bits per heavy atom. The lowest BCUT2D eigenvalue weighted by molar-refractivity contribution is 0.602. The summed E-state index contributed by atoms with van der Waals surface area (Å²) in [7, 11) is 2.02. The average molecular weight is 389 g/mol. The summed E-state index contributed by atoms with van der Waals surface area (Å²) < 4.78 is 2.37. The van der Waals surface area contributed by atoms with Crippen molar-refractivity contribution in [1.29, 1.82) is 0 Å². The van der Waals surface area contributed by atoms with Gasteiger partial charge in [0.1, 0.15) is 0 Å².